The molecule has 0 aliphatic rings. The lowest BCUT2D eigenvalue weighted by Crippen LogP contribution is -2.55. The lowest BCUT2D eigenvalue weighted by atomic mass is 9.59. The summed E-state index contributed by atoms with van der Waals surface area (Å²) >= 11 is 0. The van der Waals surface area contributed by atoms with Crippen molar-refractivity contribution in [1.82, 2.24) is 0 Å². The molecule has 0 fully saturated rings. The summed E-state index contributed by atoms with van der Waals surface area (Å²) in [6, 6.07) is 55.3. The summed E-state index contributed by atoms with van der Waals surface area (Å²) in [6.07, 6.45) is 0. The average molecular weight is 801 g/mol. The maximum absolute atomic E-state index is 2.47. The van der Waals surface area contributed by atoms with E-state index in [0.29, 0.717) is 0 Å². The molecule has 0 heterocycles. The van der Waals surface area contributed by atoms with Crippen LogP contribution < -0.4 is 54.6 Å². The maximum Gasteiger partial charge on any atom is 0.139 e. The molecule has 0 radical (unpaired) electrons. The molecular weight excluding hydrogens is 757 g/mol. The fourth-order valence-electron chi connectivity index (χ4n) is 11.5. The van der Waals surface area contributed by atoms with E-state index in [-0.39, 0.29) is 0 Å². The van der Waals surface area contributed by atoms with Crippen molar-refractivity contribution in [2.75, 3.05) is 0 Å². The fourth-order valence-corrected chi connectivity index (χ4v) is 11.5. The molecule has 10 heteroatoms. The Balaban J connectivity index is 1.18. The molecule has 11 rings (SSSR count). The quantitative estimate of drug-likeness (QED) is 0.109. The van der Waals surface area contributed by atoms with Crippen LogP contribution in [0.2, 0.25) is 0 Å². The monoisotopic (exact) mass is 802 g/mol. The van der Waals surface area contributed by atoms with Gasteiger partial charge in [0.15, 0.2) is 0 Å². The molecule has 0 spiro atoms. The van der Waals surface area contributed by atoms with Crippen molar-refractivity contribution in [3.05, 3.63) is 146 Å². The number of benzene rings is 11. The Morgan fingerprint density at radius 3 is 0.672 bits per heavy atom. The lowest BCUT2D eigenvalue weighted by Gasteiger charge is -2.24. The Kier molecular flexibility index (Phi) is 9.55. The number of fused-ring (bicyclic) bond motifs is 7. The third kappa shape index (κ3) is 5.84. The van der Waals surface area contributed by atoms with Crippen molar-refractivity contribution in [2.45, 2.75) is 0 Å². The molecule has 0 aliphatic carbocycles. The van der Waals surface area contributed by atoms with Crippen LogP contribution in [0.4, 0.5) is 0 Å². The molecule has 0 unspecified atom stereocenters. The summed E-state index contributed by atoms with van der Waals surface area (Å²) in [7, 11) is 23.0. The molecule has 11 aromatic carbocycles. The molecule has 0 N–H and O–H groups in total. The molecule has 290 valence electrons. The Morgan fingerprint density at radius 1 is 0.188 bits per heavy atom. The fraction of sp³-hybridized carbons (Fsp3) is 0. The Hall–Kier alpha value is -6.37. The topological polar surface area (TPSA) is 0 Å². The van der Waals surface area contributed by atoms with Crippen LogP contribution in [0.15, 0.2) is 146 Å². The molecule has 0 bridgehead atoms. The predicted octanol–water partition coefficient (Wildman–Crippen LogP) is -2.14. The van der Waals surface area contributed by atoms with Gasteiger partial charge in [-0.2, -0.15) is 0 Å². The van der Waals surface area contributed by atoms with Crippen molar-refractivity contribution in [3.63, 3.8) is 0 Å². The van der Waals surface area contributed by atoms with Gasteiger partial charge in [-0.05, 0) is 121 Å². The van der Waals surface area contributed by atoms with Gasteiger partial charge < -0.3 is 0 Å². The minimum absolute atomic E-state index is 1.24. The third-order valence-electron chi connectivity index (χ3n) is 15.8. The van der Waals surface area contributed by atoms with Gasteiger partial charge in [-0.3, -0.25) is 0 Å². The third-order valence-corrected chi connectivity index (χ3v) is 15.8. The normalized spacial score (nSPS) is 11.8. The van der Waals surface area contributed by atoms with Gasteiger partial charge >= 0.3 is 0 Å². The molecular formula is C54H44B10. The van der Waals surface area contributed by atoms with Crippen LogP contribution in [0.5, 0.6) is 0 Å². The van der Waals surface area contributed by atoms with E-state index in [0.717, 1.165) is 0 Å². The van der Waals surface area contributed by atoms with E-state index in [1.807, 2.05) is 0 Å². The first-order chi connectivity index (χ1) is 31.0. The van der Waals surface area contributed by atoms with Crippen molar-refractivity contribution in [2.24, 2.45) is 0 Å². The van der Waals surface area contributed by atoms with Crippen LogP contribution in [-0.2, 0) is 0 Å². The number of hydrogen-bond donors (Lipinski definition) is 0. The first-order valence-corrected chi connectivity index (χ1v) is 22.9. The molecule has 0 saturated carbocycles. The first kappa shape index (κ1) is 40.4. The minimum atomic E-state index is 1.24. The molecule has 0 amide bonds. The lowest BCUT2D eigenvalue weighted by molar-refractivity contribution is 1.69. The zero-order chi connectivity index (χ0) is 44.3. The van der Waals surface area contributed by atoms with Gasteiger partial charge in [0, 0.05) is 0 Å². The molecule has 0 atom stereocenters. The van der Waals surface area contributed by atoms with E-state index < -0.39 is 0 Å². The summed E-state index contributed by atoms with van der Waals surface area (Å²) in [5.74, 6) is 0. The van der Waals surface area contributed by atoms with Gasteiger partial charge in [-0.1, -0.05) is 155 Å². The van der Waals surface area contributed by atoms with Crippen molar-refractivity contribution >= 4 is 198 Å². The van der Waals surface area contributed by atoms with Gasteiger partial charge in [0.25, 0.3) is 0 Å². The standard InChI is InChI=1S/C54H44B10/c55-45-43(46(56)50(60)53(63)49(45)59)41-33-13-5-1-9-29(33)39(30-10-2-6-14-34(30)41)27-21-19-25-17-18-26-20-22-28(24-38(26)37(25)23-27)40-31-11-3-7-15-35(31)42(36-16-8-4-12-32(36)40)44-47(57)51(61)54(64)52(62)48(44)58/h1-24H,55-64H2. The molecule has 64 heavy (non-hydrogen) atoms. The average Bonchev–Trinajstić information content (AvgIpc) is 3.33. The predicted molar refractivity (Wildman–Crippen MR) is 315 cm³/mol. The molecule has 0 aromatic heterocycles. The summed E-state index contributed by atoms with van der Waals surface area (Å²) in [4.78, 5) is 0. The van der Waals surface area contributed by atoms with Gasteiger partial charge in [-0.15, -0.1) is 32.8 Å². The van der Waals surface area contributed by atoms with Crippen LogP contribution in [0, 0.1) is 0 Å². The number of rotatable bonds is 4. The zero-order valence-electron chi connectivity index (χ0n) is 38.9. The highest BCUT2D eigenvalue weighted by molar-refractivity contribution is 6.70. The van der Waals surface area contributed by atoms with Crippen LogP contribution in [0.25, 0.3) is 109 Å². The van der Waals surface area contributed by atoms with Crippen molar-refractivity contribution < 1.29 is 0 Å². The summed E-state index contributed by atoms with van der Waals surface area (Å²) in [6.45, 7) is 0. The second-order valence-corrected chi connectivity index (χ2v) is 18.6. The van der Waals surface area contributed by atoms with Crippen LogP contribution in [-0.4, -0.2) is 78.5 Å². The Labute approximate surface area is 385 Å². The van der Waals surface area contributed by atoms with Gasteiger partial charge in [0.1, 0.15) is 78.5 Å². The van der Waals surface area contributed by atoms with Crippen molar-refractivity contribution in [3.8, 4) is 44.5 Å². The number of hydrogen-bond acceptors (Lipinski definition) is 0. The van der Waals surface area contributed by atoms with Crippen molar-refractivity contribution in [1.29, 1.82) is 0 Å². The summed E-state index contributed by atoms with van der Waals surface area (Å²) in [5.41, 5.74) is 24.3. The second-order valence-electron chi connectivity index (χ2n) is 18.6. The maximum atomic E-state index is 2.47. The minimum Gasteiger partial charge on any atom is -0.102 e. The van der Waals surface area contributed by atoms with E-state index in [4.69, 9.17) is 0 Å². The van der Waals surface area contributed by atoms with E-state index in [1.54, 1.807) is 0 Å². The van der Waals surface area contributed by atoms with E-state index in [1.165, 1.54) is 164 Å². The van der Waals surface area contributed by atoms with E-state index >= 15 is 0 Å². The summed E-state index contributed by atoms with van der Waals surface area (Å²) < 4.78 is 0. The van der Waals surface area contributed by atoms with Crippen LogP contribution in [0.1, 0.15) is 0 Å². The SMILES string of the molecule is Bc1c(B)c(B)c(-c2c3ccccc3c(-c3ccc4ccc5ccc(-c6c7ccccc7c(-c7c(B)c(B)c(B)c(B)c7B)c7ccccc67)cc5c4c3)c3ccccc23)c(B)c1B. The van der Waals surface area contributed by atoms with Crippen LogP contribution in [0.3, 0.4) is 0 Å². The molecule has 0 nitrogen and oxygen atoms in total. The molecule has 0 aliphatic heterocycles. The van der Waals surface area contributed by atoms with Gasteiger partial charge in [-0.25, -0.2) is 0 Å². The molecule has 11 aromatic rings. The first-order valence-electron chi connectivity index (χ1n) is 22.9. The highest BCUT2D eigenvalue weighted by atomic mass is 14.2. The van der Waals surface area contributed by atoms with E-state index in [2.05, 4.69) is 224 Å². The van der Waals surface area contributed by atoms with Gasteiger partial charge in [0.05, 0.1) is 0 Å². The Morgan fingerprint density at radius 2 is 0.406 bits per heavy atom. The van der Waals surface area contributed by atoms with E-state index in [9.17, 15) is 0 Å². The smallest absolute Gasteiger partial charge is 0.102 e. The molecule has 0 saturated heterocycles. The zero-order valence-corrected chi connectivity index (χ0v) is 38.9. The Bertz CT molecular complexity index is 3430. The highest BCUT2D eigenvalue weighted by Crippen LogP contribution is 2.46. The second kappa shape index (κ2) is 15.1. The largest absolute Gasteiger partial charge is 0.139 e. The van der Waals surface area contributed by atoms with Crippen LogP contribution >= 0.6 is 0 Å². The summed E-state index contributed by atoms with van der Waals surface area (Å²) in [5, 5.41) is 15.4. The highest BCUT2D eigenvalue weighted by Gasteiger charge is 2.23. The van der Waals surface area contributed by atoms with Gasteiger partial charge in [0.2, 0.25) is 0 Å².